The minimum absolute atomic E-state index is 0.875. The predicted molar refractivity (Wildman–Crippen MR) is 65.4 cm³/mol. The summed E-state index contributed by atoms with van der Waals surface area (Å²) in [6.45, 7) is 0.0243. The predicted octanol–water partition coefficient (Wildman–Crippen LogP) is -1.24. The molecule has 1 heterocycles. The smallest absolute Gasteiger partial charge is 0.454 e. The Hall–Kier alpha value is -0.950. The van der Waals surface area contributed by atoms with E-state index in [-0.39, 0.29) is 0 Å². The summed E-state index contributed by atoms with van der Waals surface area (Å²) in [5, 5.41) is 28.9. The highest BCUT2D eigenvalue weighted by molar-refractivity contribution is 9.09. The fourth-order valence-electron chi connectivity index (χ4n) is 1.83. The molecule has 0 spiro atoms. The van der Waals surface area contributed by atoms with Crippen LogP contribution in [0.15, 0.2) is 0 Å². The third-order valence-corrected chi connectivity index (χ3v) is 3.52. The number of rotatable bonds is 3. The first-order valence-corrected chi connectivity index (χ1v) is 6.72. The number of ether oxygens (including phenoxy) is 2. The van der Waals surface area contributed by atoms with Gasteiger partial charge in [0.15, 0.2) is 11.1 Å². The van der Waals surface area contributed by atoms with Gasteiger partial charge in [0.25, 0.3) is 0 Å². The lowest BCUT2D eigenvalue weighted by Crippen LogP contribution is -2.74. The Balaban J connectivity index is 3.17. The molecule has 1 saturated heterocycles. The first kappa shape index (κ1) is 19.1. The molecule has 5 atom stereocenters. The molecule has 0 radical (unpaired) electrons. The SMILES string of the molecule is CC(=O)O[C@H]1[C@@H](Br)O[C@H](CO)[C@@H](O)[C@@]1(O)NC(=O)C(F)(F)F. The minimum Gasteiger partial charge on any atom is -0.454 e. The number of carbonyl (C=O) groups is 2. The molecular formula is C10H13BrF3NO7. The maximum absolute atomic E-state index is 12.4. The Morgan fingerprint density at radius 3 is 2.41 bits per heavy atom. The van der Waals surface area contributed by atoms with Crippen molar-refractivity contribution in [3.63, 3.8) is 0 Å². The number of amides is 1. The molecule has 8 nitrogen and oxygen atoms in total. The maximum Gasteiger partial charge on any atom is 0.471 e. The molecule has 0 aromatic carbocycles. The van der Waals surface area contributed by atoms with Crippen LogP contribution in [0.1, 0.15) is 6.92 Å². The summed E-state index contributed by atoms with van der Waals surface area (Å²) in [5.74, 6) is -3.57. The van der Waals surface area contributed by atoms with Crippen LogP contribution in [0.2, 0.25) is 0 Å². The monoisotopic (exact) mass is 395 g/mol. The topological polar surface area (TPSA) is 125 Å². The summed E-state index contributed by atoms with van der Waals surface area (Å²) in [6, 6.07) is 0. The fraction of sp³-hybridized carbons (Fsp3) is 0.800. The van der Waals surface area contributed by atoms with Crippen LogP contribution in [0, 0.1) is 0 Å². The highest BCUT2D eigenvalue weighted by Crippen LogP contribution is 2.34. The number of hydrogen-bond acceptors (Lipinski definition) is 7. The molecule has 4 N–H and O–H groups in total. The van der Waals surface area contributed by atoms with E-state index in [4.69, 9.17) is 9.84 Å². The third kappa shape index (κ3) is 3.87. The van der Waals surface area contributed by atoms with Crippen LogP contribution >= 0.6 is 15.9 Å². The van der Waals surface area contributed by atoms with E-state index >= 15 is 0 Å². The van der Waals surface area contributed by atoms with Gasteiger partial charge in [-0.25, -0.2) is 0 Å². The fourth-order valence-corrected chi connectivity index (χ4v) is 2.62. The van der Waals surface area contributed by atoms with Crippen molar-refractivity contribution in [1.29, 1.82) is 0 Å². The van der Waals surface area contributed by atoms with Crippen molar-refractivity contribution in [1.82, 2.24) is 5.32 Å². The van der Waals surface area contributed by atoms with E-state index in [0.29, 0.717) is 0 Å². The Morgan fingerprint density at radius 1 is 1.45 bits per heavy atom. The molecule has 0 aromatic rings. The van der Waals surface area contributed by atoms with Crippen LogP contribution in [0.5, 0.6) is 0 Å². The molecule has 1 aliphatic heterocycles. The zero-order chi connectivity index (χ0) is 17.3. The maximum atomic E-state index is 12.4. The third-order valence-electron chi connectivity index (χ3n) is 2.82. The lowest BCUT2D eigenvalue weighted by atomic mass is 9.92. The molecular weight excluding hydrogens is 383 g/mol. The summed E-state index contributed by atoms with van der Waals surface area (Å²) < 4.78 is 46.7. The van der Waals surface area contributed by atoms with E-state index in [2.05, 4.69) is 20.7 Å². The highest BCUT2D eigenvalue weighted by atomic mass is 79.9. The quantitative estimate of drug-likeness (QED) is 0.267. The molecule has 128 valence electrons. The van der Waals surface area contributed by atoms with E-state index < -0.39 is 53.7 Å². The second-order valence-corrected chi connectivity index (χ2v) is 5.36. The molecule has 0 aromatic heterocycles. The summed E-state index contributed by atoms with van der Waals surface area (Å²) in [7, 11) is 0. The average Bonchev–Trinajstić information content (AvgIpc) is 2.38. The van der Waals surface area contributed by atoms with Gasteiger partial charge in [0, 0.05) is 6.92 Å². The molecule has 0 bridgehead atoms. The van der Waals surface area contributed by atoms with Crippen LogP contribution < -0.4 is 5.32 Å². The van der Waals surface area contributed by atoms with Gasteiger partial charge in [-0.3, -0.25) is 9.59 Å². The van der Waals surface area contributed by atoms with Crippen LogP contribution in [0.4, 0.5) is 13.2 Å². The normalized spacial score (nSPS) is 35.8. The number of hydrogen-bond donors (Lipinski definition) is 4. The second-order valence-electron chi connectivity index (χ2n) is 4.46. The molecule has 0 aliphatic carbocycles. The average molecular weight is 396 g/mol. The van der Waals surface area contributed by atoms with Gasteiger partial charge in [0.2, 0.25) is 5.72 Å². The van der Waals surface area contributed by atoms with Crippen LogP contribution in [0.25, 0.3) is 0 Å². The molecule has 1 rings (SSSR count). The van der Waals surface area contributed by atoms with E-state index in [1.54, 1.807) is 0 Å². The van der Waals surface area contributed by atoms with Crippen LogP contribution in [-0.4, -0.2) is 69.0 Å². The minimum atomic E-state index is -5.36. The van der Waals surface area contributed by atoms with Crippen molar-refractivity contribution in [2.45, 2.75) is 42.2 Å². The number of alkyl halides is 4. The largest absolute Gasteiger partial charge is 0.471 e. The van der Waals surface area contributed by atoms with Gasteiger partial charge < -0.3 is 30.1 Å². The number of esters is 1. The number of aliphatic hydroxyl groups excluding tert-OH is 2. The van der Waals surface area contributed by atoms with E-state index in [0.717, 1.165) is 6.92 Å². The molecule has 1 aliphatic rings. The Labute approximate surface area is 130 Å². The first-order chi connectivity index (χ1) is 9.93. The molecule has 1 fully saturated rings. The molecule has 0 saturated carbocycles. The Morgan fingerprint density at radius 2 is 2.00 bits per heavy atom. The molecule has 0 unspecified atom stereocenters. The van der Waals surface area contributed by atoms with Gasteiger partial charge >= 0.3 is 18.1 Å². The van der Waals surface area contributed by atoms with Gasteiger partial charge in [-0.2, -0.15) is 13.2 Å². The molecule has 22 heavy (non-hydrogen) atoms. The van der Waals surface area contributed by atoms with Gasteiger partial charge in [-0.15, -0.1) is 0 Å². The Kier molecular flexibility index (Phi) is 5.78. The summed E-state index contributed by atoms with van der Waals surface area (Å²) in [4.78, 5) is 22.1. The van der Waals surface area contributed by atoms with Crippen LogP contribution in [-0.2, 0) is 19.1 Å². The van der Waals surface area contributed by atoms with Crippen molar-refractivity contribution in [3.05, 3.63) is 0 Å². The van der Waals surface area contributed by atoms with E-state index in [1.807, 2.05) is 0 Å². The summed E-state index contributed by atoms with van der Waals surface area (Å²) in [6.07, 6.45) is -11.0. The van der Waals surface area contributed by atoms with Crippen molar-refractivity contribution in [2.75, 3.05) is 6.61 Å². The number of halogens is 4. The lowest BCUT2D eigenvalue weighted by Gasteiger charge is -2.47. The highest BCUT2D eigenvalue weighted by Gasteiger charge is 2.59. The van der Waals surface area contributed by atoms with Gasteiger partial charge in [-0.1, -0.05) is 15.9 Å². The number of carbonyl (C=O) groups excluding carboxylic acids is 2. The standard InChI is InChI=1S/C10H13BrF3NO7/c1-3(17)21-6-7(11)22-4(2-16)5(18)9(6,20)15-8(19)10(12,13)14/h4-7,16,18,20H,2H2,1H3,(H,15,19)/t4-,5-,6+,7+,9+/m1/s1. The number of aliphatic hydroxyl groups is 3. The Bertz CT molecular complexity index is 449. The molecule has 1 amide bonds. The zero-order valence-electron chi connectivity index (χ0n) is 11.0. The second kappa shape index (κ2) is 6.66. The van der Waals surface area contributed by atoms with Gasteiger partial charge in [-0.05, 0) is 0 Å². The molecule has 12 heteroatoms. The van der Waals surface area contributed by atoms with Crippen molar-refractivity contribution < 1.29 is 47.6 Å². The van der Waals surface area contributed by atoms with Crippen molar-refractivity contribution >= 4 is 27.8 Å². The first-order valence-electron chi connectivity index (χ1n) is 5.80. The van der Waals surface area contributed by atoms with E-state index in [1.165, 1.54) is 5.32 Å². The van der Waals surface area contributed by atoms with Crippen molar-refractivity contribution in [2.24, 2.45) is 0 Å². The van der Waals surface area contributed by atoms with Crippen molar-refractivity contribution in [3.8, 4) is 0 Å². The lowest BCUT2D eigenvalue weighted by molar-refractivity contribution is -0.273. The summed E-state index contributed by atoms with van der Waals surface area (Å²) in [5.41, 5.74) is -3.03. The van der Waals surface area contributed by atoms with Crippen LogP contribution in [0.3, 0.4) is 0 Å². The van der Waals surface area contributed by atoms with Gasteiger partial charge in [0.05, 0.1) is 6.61 Å². The zero-order valence-corrected chi connectivity index (χ0v) is 12.6. The van der Waals surface area contributed by atoms with Gasteiger partial charge in [0.1, 0.15) is 12.2 Å². The van der Waals surface area contributed by atoms with E-state index in [9.17, 15) is 33.0 Å². The number of nitrogens with one attached hydrogen (secondary N) is 1. The summed E-state index contributed by atoms with van der Waals surface area (Å²) >= 11 is 2.79.